The van der Waals surface area contributed by atoms with E-state index in [1.165, 1.54) is 5.82 Å². The van der Waals surface area contributed by atoms with Crippen LogP contribution in [0.25, 0.3) is 0 Å². The summed E-state index contributed by atoms with van der Waals surface area (Å²) in [6.07, 6.45) is 3.85. The SMILES string of the molecule is CN1CNN2CN=CC=C12. The van der Waals surface area contributed by atoms with Crippen molar-refractivity contribution in [3.63, 3.8) is 0 Å². The van der Waals surface area contributed by atoms with Crippen molar-refractivity contribution in [3.05, 3.63) is 11.9 Å². The van der Waals surface area contributed by atoms with Gasteiger partial charge in [0, 0.05) is 13.3 Å². The smallest absolute Gasteiger partial charge is 0.126 e. The highest BCUT2D eigenvalue weighted by atomic mass is 15.7. The second kappa shape index (κ2) is 1.98. The van der Waals surface area contributed by atoms with Gasteiger partial charge in [-0.25, -0.2) is 5.43 Å². The number of nitrogens with zero attached hydrogens (tertiary/aromatic N) is 3. The number of hydrazine groups is 1. The Morgan fingerprint density at radius 3 is 3.40 bits per heavy atom. The van der Waals surface area contributed by atoms with Gasteiger partial charge in [0.2, 0.25) is 0 Å². The lowest BCUT2D eigenvalue weighted by atomic mass is 10.5. The van der Waals surface area contributed by atoms with E-state index < -0.39 is 0 Å². The summed E-state index contributed by atoms with van der Waals surface area (Å²) < 4.78 is 0. The Morgan fingerprint density at radius 2 is 2.60 bits per heavy atom. The largest absolute Gasteiger partial charge is 0.346 e. The van der Waals surface area contributed by atoms with E-state index >= 15 is 0 Å². The van der Waals surface area contributed by atoms with Crippen LogP contribution in [0.4, 0.5) is 0 Å². The first-order valence-corrected chi connectivity index (χ1v) is 3.30. The molecule has 0 aromatic heterocycles. The second-order valence-electron chi connectivity index (χ2n) is 2.44. The molecule has 2 rings (SSSR count). The highest BCUT2D eigenvalue weighted by Gasteiger charge is 2.21. The van der Waals surface area contributed by atoms with Crippen LogP contribution < -0.4 is 5.43 Å². The molecule has 0 aliphatic carbocycles. The fourth-order valence-electron chi connectivity index (χ4n) is 1.15. The van der Waals surface area contributed by atoms with Crippen LogP contribution in [0.2, 0.25) is 0 Å². The quantitative estimate of drug-likeness (QED) is 0.493. The molecular weight excluding hydrogens is 128 g/mol. The van der Waals surface area contributed by atoms with Crippen LogP contribution in [0.5, 0.6) is 0 Å². The molecule has 2 aliphatic heterocycles. The van der Waals surface area contributed by atoms with Gasteiger partial charge in [-0.2, -0.15) is 0 Å². The normalized spacial score (nSPS) is 23.1. The summed E-state index contributed by atoms with van der Waals surface area (Å²) in [6, 6.07) is 0. The van der Waals surface area contributed by atoms with Crippen LogP contribution >= 0.6 is 0 Å². The summed E-state index contributed by atoms with van der Waals surface area (Å²) in [7, 11) is 2.05. The van der Waals surface area contributed by atoms with E-state index in [0.717, 1.165) is 13.3 Å². The number of rotatable bonds is 0. The van der Waals surface area contributed by atoms with E-state index in [1.54, 1.807) is 0 Å². The van der Waals surface area contributed by atoms with Crippen molar-refractivity contribution in [2.75, 3.05) is 20.4 Å². The number of hydrogen-bond acceptors (Lipinski definition) is 4. The molecule has 1 N–H and O–H groups in total. The molecule has 1 fully saturated rings. The Hall–Kier alpha value is -1.03. The highest BCUT2D eigenvalue weighted by Crippen LogP contribution is 2.12. The maximum Gasteiger partial charge on any atom is 0.126 e. The Kier molecular flexibility index (Phi) is 1.14. The van der Waals surface area contributed by atoms with Crippen LogP contribution in [0, 0.1) is 0 Å². The Morgan fingerprint density at radius 1 is 1.70 bits per heavy atom. The third-order valence-electron chi connectivity index (χ3n) is 1.72. The lowest BCUT2D eigenvalue weighted by Gasteiger charge is -2.20. The van der Waals surface area contributed by atoms with Crippen LogP contribution in [0.3, 0.4) is 0 Å². The highest BCUT2D eigenvalue weighted by molar-refractivity contribution is 5.72. The fraction of sp³-hybridized carbons (Fsp3) is 0.500. The van der Waals surface area contributed by atoms with Crippen molar-refractivity contribution in [1.29, 1.82) is 0 Å². The minimum atomic E-state index is 0.732. The summed E-state index contributed by atoms with van der Waals surface area (Å²) in [6.45, 7) is 1.62. The molecule has 4 nitrogen and oxygen atoms in total. The molecule has 0 atom stereocenters. The first-order valence-electron chi connectivity index (χ1n) is 3.30. The van der Waals surface area contributed by atoms with Crippen molar-refractivity contribution in [3.8, 4) is 0 Å². The first-order chi connectivity index (χ1) is 4.88. The van der Waals surface area contributed by atoms with Crippen LogP contribution in [0.15, 0.2) is 16.9 Å². The van der Waals surface area contributed by atoms with Crippen LogP contribution in [-0.2, 0) is 0 Å². The molecule has 2 heterocycles. The van der Waals surface area contributed by atoms with Gasteiger partial charge in [-0.15, -0.1) is 0 Å². The fourth-order valence-corrected chi connectivity index (χ4v) is 1.15. The van der Waals surface area contributed by atoms with Crippen molar-refractivity contribution in [1.82, 2.24) is 15.3 Å². The van der Waals surface area contributed by atoms with E-state index in [2.05, 4.69) is 22.4 Å². The lowest BCUT2D eigenvalue weighted by molar-refractivity contribution is 0.302. The second-order valence-corrected chi connectivity index (χ2v) is 2.44. The zero-order valence-electron chi connectivity index (χ0n) is 5.91. The molecule has 0 saturated carbocycles. The minimum Gasteiger partial charge on any atom is -0.346 e. The summed E-state index contributed by atoms with van der Waals surface area (Å²) in [4.78, 5) is 6.23. The van der Waals surface area contributed by atoms with E-state index in [0.29, 0.717) is 0 Å². The van der Waals surface area contributed by atoms with Crippen LogP contribution in [0.1, 0.15) is 0 Å². The number of nitrogens with one attached hydrogen (secondary N) is 1. The number of allylic oxidation sites excluding steroid dienone is 1. The maximum atomic E-state index is 4.09. The molecule has 0 unspecified atom stereocenters. The molecule has 4 heteroatoms. The third-order valence-corrected chi connectivity index (χ3v) is 1.72. The topological polar surface area (TPSA) is 30.9 Å². The van der Waals surface area contributed by atoms with E-state index in [9.17, 15) is 0 Å². The average molecular weight is 138 g/mol. The van der Waals surface area contributed by atoms with Gasteiger partial charge in [-0.3, -0.25) is 10.0 Å². The number of fused-ring (bicyclic) bond motifs is 1. The van der Waals surface area contributed by atoms with Gasteiger partial charge < -0.3 is 4.90 Å². The summed E-state index contributed by atoms with van der Waals surface area (Å²) >= 11 is 0. The predicted octanol–water partition coefficient (Wildman–Crippen LogP) is -0.421. The molecule has 0 radical (unpaired) electrons. The van der Waals surface area contributed by atoms with Gasteiger partial charge >= 0.3 is 0 Å². The monoisotopic (exact) mass is 138 g/mol. The molecule has 2 aliphatic rings. The van der Waals surface area contributed by atoms with Gasteiger partial charge in [0.15, 0.2) is 0 Å². The zero-order valence-corrected chi connectivity index (χ0v) is 5.91. The Labute approximate surface area is 59.8 Å². The predicted molar refractivity (Wildman–Crippen MR) is 39.0 cm³/mol. The Bertz CT molecular complexity index is 196. The lowest BCUT2D eigenvalue weighted by Crippen LogP contribution is -2.31. The van der Waals surface area contributed by atoms with Crippen molar-refractivity contribution >= 4 is 6.21 Å². The van der Waals surface area contributed by atoms with Crippen molar-refractivity contribution in [2.45, 2.75) is 0 Å². The zero-order chi connectivity index (χ0) is 6.97. The molecule has 0 bridgehead atoms. The first kappa shape index (κ1) is 5.73. The molecule has 54 valence electrons. The maximum absolute atomic E-state index is 4.09. The Balaban J connectivity index is 2.25. The summed E-state index contributed by atoms with van der Waals surface area (Å²) in [5.74, 6) is 1.20. The van der Waals surface area contributed by atoms with Crippen LogP contribution in [-0.4, -0.2) is 36.5 Å². The minimum absolute atomic E-state index is 0.732. The molecule has 1 saturated heterocycles. The number of aliphatic imine (C=N–C) groups is 1. The molecule has 0 aromatic rings. The summed E-state index contributed by atoms with van der Waals surface area (Å²) in [5.41, 5.74) is 3.19. The van der Waals surface area contributed by atoms with Gasteiger partial charge in [0.1, 0.15) is 12.5 Å². The third kappa shape index (κ3) is 0.690. The van der Waals surface area contributed by atoms with E-state index in [1.807, 2.05) is 17.3 Å². The summed E-state index contributed by atoms with van der Waals surface area (Å²) in [5, 5.41) is 2.03. The van der Waals surface area contributed by atoms with Crippen molar-refractivity contribution < 1.29 is 0 Å². The molecule has 10 heavy (non-hydrogen) atoms. The standard InChI is InChI=1S/C6H10N4/c1-9-5-8-10-4-7-3-2-6(9)10/h2-3,8H,4-5H2,1H3. The average Bonchev–Trinajstić information content (AvgIpc) is 2.34. The molecular formula is C6H10N4. The van der Waals surface area contributed by atoms with Crippen molar-refractivity contribution in [2.24, 2.45) is 4.99 Å². The molecule has 0 spiro atoms. The van der Waals surface area contributed by atoms with Gasteiger partial charge in [0.05, 0.1) is 6.67 Å². The van der Waals surface area contributed by atoms with Gasteiger partial charge in [-0.1, -0.05) is 0 Å². The molecule has 0 amide bonds. The van der Waals surface area contributed by atoms with E-state index in [-0.39, 0.29) is 0 Å². The van der Waals surface area contributed by atoms with E-state index in [4.69, 9.17) is 0 Å². The molecule has 0 aromatic carbocycles. The van der Waals surface area contributed by atoms with Gasteiger partial charge in [0.25, 0.3) is 0 Å². The number of hydrogen-bond donors (Lipinski definition) is 1. The van der Waals surface area contributed by atoms with Gasteiger partial charge in [-0.05, 0) is 6.08 Å².